The Bertz CT molecular complexity index is 568. The van der Waals surface area contributed by atoms with Crippen molar-refractivity contribution in [3.05, 3.63) is 0 Å². The number of hydrogen-bond donors (Lipinski definition) is 2. The van der Waals surface area contributed by atoms with Crippen molar-refractivity contribution in [2.75, 3.05) is 39.3 Å². The summed E-state index contributed by atoms with van der Waals surface area (Å²) in [7, 11) is 0. The average Bonchev–Trinajstić information content (AvgIpc) is 3.27. The van der Waals surface area contributed by atoms with Gasteiger partial charge in [-0.05, 0) is 57.4 Å². The molecule has 2 N–H and O–H groups in total. The van der Waals surface area contributed by atoms with E-state index in [9.17, 15) is 14.4 Å². The molecule has 3 heterocycles. The lowest BCUT2D eigenvalue weighted by atomic mass is 9.92. The summed E-state index contributed by atoms with van der Waals surface area (Å²) in [4.78, 5) is 41.3. The smallest absolute Gasteiger partial charge is 0.237 e. The Kier molecular flexibility index (Phi) is 9.69. The van der Waals surface area contributed by atoms with E-state index < -0.39 is 0 Å². The molecule has 0 aromatic carbocycles. The van der Waals surface area contributed by atoms with Gasteiger partial charge in [0.25, 0.3) is 0 Å². The molecule has 0 bridgehead atoms. The molecule has 0 radical (unpaired) electrons. The zero-order valence-electron chi connectivity index (χ0n) is 17.7. The minimum Gasteiger partial charge on any atom is -0.354 e. The van der Waals surface area contributed by atoms with E-state index >= 15 is 0 Å². The fourth-order valence-corrected chi connectivity index (χ4v) is 4.74. The largest absolute Gasteiger partial charge is 0.354 e. The molecule has 8 heteroatoms. The first kappa shape index (κ1) is 23.9. The second-order valence-corrected chi connectivity index (χ2v) is 8.62. The van der Waals surface area contributed by atoms with Crippen LogP contribution in [0.25, 0.3) is 0 Å². The molecule has 0 spiro atoms. The van der Waals surface area contributed by atoms with Crippen LogP contribution in [0.1, 0.15) is 58.3 Å². The van der Waals surface area contributed by atoms with E-state index in [-0.39, 0.29) is 42.1 Å². The Labute approximate surface area is 180 Å². The Morgan fingerprint density at radius 3 is 2.48 bits per heavy atom. The maximum Gasteiger partial charge on any atom is 0.237 e. The summed E-state index contributed by atoms with van der Waals surface area (Å²) in [6.45, 7) is 6.45. The number of nitrogens with zero attached hydrogens (tertiary/aromatic N) is 2. The maximum absolute atomic E-state index is 13.1. The van der Waals surface area contributed by atoms with Gasteiger partial charge in [-0.25, -0.2) is 0 Å². The highest BCUT2D eigenvalue weighted by atomic mass is 35.5. The lowest BCUT2D eigenvalue weighted by Crippen LogP contribution is -2.50. The molecule has 3 aliphatic heterocycles. The molecule has 3 unspecified atom stereocenters. The summed E-state index contributed by atoms with van der Waals surface area (Å²) in [5, 5.41) is 6.30. The van der Waals surface area contributed by atoms with Gasteiger partial charge in [0.15, 0.2) is 0 Å². The van der Waals surface area contributed by atoms with Crippen LogP contribution in [-0.4, -0.2) is 72.8 Å². The van der Waals surface area contributed by atoms with E-state index in [2.05, 4.69) is 10.6 Å². The van der Waals surface area contributed by atoms with Crippen molar-refractivity contribution in [1.82, 2.24) is 20.4 Å². The average molecular weight is 429 g/mol. The van der Waals surface area contributed by atoms with Gasteiger partial charge in [0.2, 0.25) is 17.7 Å². The van der Waals surface area contributed by atoms with Crippen molar-refractivity contribution in [2.45, 2.75) is 64.3 Å². The van der Waals surface area contributed by atoms with E-state index in [1.54, 1.807) is 0 Å². The Hall–Kier alpha value is -1.34. The number of halogens is 1. The second-order valence-electron chi connectivity index (χ2n) is 8.62. The molecular formula is C21H37ClN4O3. The summed E-state index contributed by atoms with van der Waals surface area (Å²) >= 11 is 0. The predicted octanol–water partition coefficient (Wildman–Crippen LogP) is 1.55. The summed E-state index contributed by atoms with van der Waals surface area (Å²) < 4.78 is 0. The Balaban J connectivity index is 0.00000300. The number of carbonyl (C=O) groups excluding carboxylic acids is 3. The molecule has 3 aliphatic rings. The van der Waals surface area contributed by atoms with Crippen LogP contribution in [0.5, 0.6) is 0 Å². The third-order valence-electron chi connectivity index (χ3n) is 6.36. The van der Waals surface area contributed by atoms with E-state index in [1.165, 1.54) is 0 Å². The van der Waals surface area contributed by atoms with Crippen LogP contribution in [0.4, 0.5) is 0 Å². The van der Waals surface area contributed by atoms with E-state index in [0.29, 0.717) is 25.4 Å². The quantitative estimate of drug-likeness (QED) is 0.672. The maximum atomic E-state index is 13.1. The minimum atomic E-state index is -0.0643. The van der Waals surface area contributed by atoms with Crippen molar-refractivity contribution in [2.24, 2.45) is 11.8 Å². The van der Waals surface area contributed by atoms with Crippen LogP contribution in [0.2, 0.25) is 0 Å². The summed E-state index contributed by atoms with van der Waals surface area (Å²) in [6, 6.07) is -0.0461. The highest BCUT2D eigenvalue weighted by molar-refractivity contribution is 5.85. The van der Waals surface area contributed by atoms with Crippen molar-refractivity contribution >= 4 is 30.1 Å². The Morgan fingerprint density at radius 1 is 1.00 bits per heavy atom. The first-order chi connectivity index (χ1) is 13.6. The fourth-order valence-electron chi connectivity index (χ4n) is 4.74. The number of amides is 3. The topological polar surface area (TPSA) is 81.8 Å². The highest BCUT2D eigenvalue weighted by Crippen LogP contribution is 2.23. The highest BCUT2D eigenvalue weighted by Gasteiger charge is 2.33. The molecule has 7 nitrogen and oxygen atoms in total. The molecular weight excluding hydrogens is 392 g/mol. The van der Waals surface area contributed by atoms with Crippen LogP contribution < -0.4 is 10.6 Å². The molecule has 0 aromatic rings. The van der Waals surface area contributed by atoms with Crippen LogP contribution in [-0.2, 0) is 14.4 Å². The van der Waals surface area contributed by atoms with Gasteiger partial charge in [-0.2, -0.15) is 0 Å². The van der Waals surface area contributed by atoms with Crippen molar-refractivity contribution in [3.8, 4) is 0 Å². The normalized spacial score (nSPS) is 27.3. The third-order valence-corrected chi connectivity index (χ3v) is 6.36. The van der Waals surface area contributed by atoms with Gasteiger partial charge in [0, 0.05) is 39.1 Å². The molecule has 3 atom stereocenters. The fraction of sp³-hybridized carbons (Fsp3) is 0.857. The first-order valence-electron chi connectivity index (χ1n) is 11.2. The molecule has 0 aliphatic carbocycles. The summed E-state index contributed by atoms with van der Waals surface area (Å²) in [5.74, 6) is 0.732. The number of nitrogens with one attached hydrogen (secondary N) is 2. The van der Waals surface area contributed by atoms with Crippen molar-refractivity contribution < 1.29 is 14.4 Å². The number of hydrogen-bond acceptors (Lipinski definition) is 4. The van der Waals surface area contributed by atoms with Gasteiger partial charge >= 0.3 is 0 Å². The van der Waals surface area contributed by atoms with Gasteiger partial charge in [-0.1, -0.05) is 6.92 Å². The van der Waals surface area contributed by atoms with Gasteiger partial charge in [0.05, 0.1) is 12.0 Å². The molecule has 0 aromatic heterocycles. The minimum absolute atomic E-state index is 0. The molecule has 3 fully saturated rings. The summed E-state index contributed by atoms with van der Waals surface area (Å²) in [5.41, 5.74) is 0. The van der Waals surface area contributed by atoms with E-state index in [0.717, 1.165) is 71.1 Å². The second kappa shape index (κ2) is 11.7. The number of piperidine rings is 2. The monoisotopic (exact) mass is 428 g/mol. The van der Waals surface area contributed by atoms with E-state index in [1.807, 2.05) is 16.7 Å². The first-order valence-corrected chi connectivity index (χ1v) is 11.2. The lowest BCUT2D eigenvalue weighted by molar-refractivity contribution is -0.142. The van der Waals surface area contributed by atoms with Crippen LogP contribution in [0, 0.1) is 11.8 Å². The molecule has 166 valence electrons. The molecule has 0 saturated carbocycles. The molecule has 29 heavy (non-hydrogen) atoms. The van der Waals surface area contributed by atoms with Gasteiger partial charge in [-0.3, -0.25) is 14.4 Å². The lowest BCUT2D eigenvalue weighted by Gasteiger charge is -2.38. The van der Waals surface area contributed by atoms with E-state index in [4.69, 9.17) is 0 Å². The van der Waals surface area contributed by atoms with Crippen molar-refractivity contribution in [1.29, 1.82) is 0 Å². The van der Waals surface area contributed by atoms with Gasteiger partial charge in [0.1, 0.15) is 0 Å². The van der Waals surface area contributed by atoms with Gasteiger partial charge < -0.3 is 20.4 Å². The van der Waals surface area contributed by atoms with Crippen LogP contribution in [0.3, 0.4) is 0 Å². The zero-order chi connectivity index (χ0) is 19.9. The SMILES string of the molecule is CCCC(=O)N1CCCC(C(=O)N2CCCC(CNC(=O)C3CCCN3)C2)C1.Cl. The van der Waals surface area contributed by atoms with Crippen LogP contribution >= 0.6 is 12.4 Å². The molecule has 3 amide bonds. The van der Waals surface area contributed by atoms with Crippen LogP contribution in [0.15, 0.2) is 0 Å². The van der Waals surface area contributed by atoms with Gasteiger partial charge in [-0.15, -0.1) is 12.4 Å². The molecule has 3 rings (SSSR count). The number of rotatable bonds is 6. The van der Waals surface area contributed by atoms with Crippen molar-refractivity contribution in [3.63, 3.8) is 0 Å². The standard InChI is InChI=1S/C21H36N4O3.ClH/c1-2-6-19(26)24-11-5-8-17(15-24)21(28)25-12-4-7-16(14-25)13-23-20(27)18-9-3-10-22-18;/h16-18,22H,2-15H2,1H3,(H,23,27);1H. The zero-order valence-corrected chi connectivity index (χ0v) is 18.5. The number of likely N-dealkylation sites (tertiary alicyclic amines) is 2. The number of carbonyl (C=O) groups is 3. The summed E-state index contributed by atoms with van der Waals surface area (Å²) in [6.07, 6.45) is 7.21. The Morgan fingerprint density at radius 2 is 1.76 bits per heavy atom. The predicted molar refractivity (Wildman–Crippen MR) is 115 cm³/mol. The molecule has 3 saturated heterocycles. The third kappa shape index (κ3) is 6.57.